The molecule has 0 saturated carbocycles. The molecular weight excluding hydrogens is 280 g/mol. The first-order valence-electron chi connectivity index (χ1n) is 7.95. The van der Waals surface area contributed by atoms with Crippen LogP contribution in [0.5, 0.6) is 5.75 Å². The molecule has 1 heterocycles. The molecule has 0 bridgehead atoms. The maximum atomic E-state index is 12.7. The summed E-state index contributed by atoms with van der Waals surface area (Å²) in [5.41, 5.74) is -0.0913. The van der Waals surface area contributed by atoms with E-state index in [0.29, 0.717) is 31.6 Å². The first-order chi connectivity index (χ1) is 10.6. The van der Waals surface area contributed by atoms with Gasteiger partial charge in [-0.25, -0.2) is 0 Å². The Balaban J connectivity index is 2.09. The van der Waals surface area contributed by atoms with Crippen LogP contribution in [0.15, 0.2) is 24.3 Å². The van der Waals surface area contributed by atoms with Gasteiger partial charge in [0, 0.05) is 12.1 Å². The first-order valence-corrected chi connectivity index (χ1v) is 7.95. The summed E-state index contributed by atoms with van der Waals surface area (Å²) in [6.45, 7) is 4.47. The highest BCUT2D eigenvalue weighted by Crippen LogP contribution is 2.25. The van der Waals surface area contributed by atoms with E-state index < -0.39 is 5.54 Å². The molecule has 1 aromatic carbocycles. The third-order valence-electron chi connectivity index (χ3n) is 4.10. The fourth-order valence-corrected chi connectivity index (χ4v) is 2.75. The molecule has 1 unspecified atom stereocenters. The highest BCUT2D eigenvalue weighted by molar-refractivity contribution is 6.00. The summed E-state index contributed by atoms with van der Waals surface area (Å²) in [7, 11) is 0. The highest BCUT2D eigenvalue weighted by atomic mass is 16.5. The lowest BCUT2D eigenvalue weighted by atomic mass is 9.89. The molecule has 120 valence electrons. The van der Waals surface area contributed by atoms with Crippen molar-refractivity contribution in [1.82, 2.24) is 5.32 Å². The van der Waals surface area contributed by atoms with Gasteiger partial charge in [0.2, 0.25) is 11.8 Å². The standard InChI is InChI=1S/C17H24N2O3/c1-3-17(12-6-5-7-15(20)19-17)16(21)18-13-8-10-14(11-9-13)22-4-2/h8-11H,3-7,12H2,1-2H3,(H,18,21)(H,19,20). The minimum absolute atomic E-state index is 0.0406. The van der Waals surface area contributed by atoms with Gasteiger partial charge in [0.1, 0.15) is 11.3 Å². The van der Waals surface area contributed by atoms with Crippen molar-refractivity contribution < 1.29 is 14.3 Å². The second kappa shape index (κ2) is 7.29. The Labute approximate surface area is 131 Å². The molecule has 2 rings (SSSR count). The minimum Gasteiger partial charge on any atom is -0.494 e. The summed E-state index contributed by atoms with van der Waals surface area (Å²) in [5, 5.41) is 5.83. The summed E-state index contributed by atoms with van der Waals surface area (Å²) in [6, 6.07) is 7.27. The van der Waals surface area contributed by atoms with Crippen molar-refractivity contribution in [3.8, 4) is 5.75 Å². The fraction of sp³-hybridized carbons (Fsp3) is 0.529. The van der Waals surface area contributed by atoms with Gasteiger partial charge in [-0.05, 0) is 50.5 Å². The van der Waals surface area contributed by atoms with Crippen LogP contribution in [0, 0.1) is 0 Å². The van der Waals surface area contributed by atoms with E-state index in [4.69, 9.17) is 4.74 Å². The molecule has 5 nitrogen and oxygen atoms in total. The van der Waals surface area contributed by atoms with E-state index in [0.717, 1.165) is 18.6 Å². The van der Waals surface area contributed by atoms with E-state index in [1.807, 2.05) is 38.1 Å². The average molecular weight is 304 g/mol. The van der Waals surface area contributed by atoms with Crippen LogP contribution in [-0.2, 0) is 9.59 Å². The van der Waals surface area contributed by atoms with Crippen molar-refractivity contribution >= 4 is 17.5 Å². The van der Waals surface area contributed by atoms with Crippen LogP contribution in [0.25, 0.3) is 0 Å². The Bertz CT molecular complexity index is 527. The van der Waals surface area contributed by atoms with Crippen LogP contribution in [0.4, 0.5) is 5.69 Å². The van der Waals surface area contributed by atoms with Gasteiger partial charge in [0.15, 0.2) is 0 Å². The van der Waals surface area contributed by atoms with E-state index in [9.17, 15) is 9.59 Å². The zero-order valence-electron chi connectivity index (χ0n) is 13.3. The summed E-state index contributed by atoms with van der Waals surface area (Å²) in [6.07, 6.45) is 3.48. The van der Waals surface area contributed by atoms with Crippen molar-refractivity contribution in [2.75, 3.05) is 11.9 Å². The van der Waals surface area contributed by atoms with Crippen LogP contribution in [0.2, 0.25) is 0 Å². The molecule has 2 amide bonds. The molecule has 1 fully saturated rings. The van der Waals surface area contributed by atoms with Crippen LogP contribution >= 0.6 is 0 Å². The molecule has 1 atom stereocenters. The lowest BCUT2D eigenvalue weighted by Crippen LogP contribution is -2.55. The topological polar surface area (TPSA) is 67.4 Å². The minimum atomic E-state index is -0.799. The average Bonchev–Trinajstić information content (AvgIpc) is 2.72. The molecule has 0 aromatic heterocycles. The monoisotopic (exact) mass is 304 g/mol. The molecule has 1 aromatic rings. The Hall–Kier alpha value is -2.04. The largest absolute Gasteiger partial charge is 0.494 e. The van der Waals surface area contributed by atoms with Gasteiger partial charge in [-0.15, -0.1) is 0 Å². The van der Waals surface area contributed by atoms with Crippen LogP contribution in [0.3, 0.4) is 0 Å². The molecule has 1 aliphatic rings. The third kappa shape index (κ3) is 3.78. The predicted molar refractivity (Wildman–Crippen MR) is 85.9 cm³/mol. The van der Waals surface area contributed by atoms with Crippen molar-refractivity contribution in [3.63, 3.8) is 0 Å². The van der Waals surface area contributed by atoms with Crippen LogP contribution < -0.4 is 15.4 Å². The molecule has 5 heteroatoms. The zero-order chi connectivity index (χ0) is 16.0. The van der Waals surface area contributed by atoms with Crippen molar-refractivity contribution in [3.05, 3.63) is 24.3 Å². The molecule has 22 heavy (non-hydrogen) atoms. The van der Waals surface area contributed by atoms with Gasteiger partial charge in [0.05, 0.1) is 6.61 Å². The van der Waals surface area contributed by atoms with E-state index >= 15 is 0 Å². The molecule has 1 aliphatic heterocycles. The zero-order valence-corrected chi connectivity index (χ0v) is 13.3. The van der Waals surface area contributed by atoms with Gasteiger partial charge in [-0.2, -0.15) is 0 Å². The number of ether oxygens (including phenoxy) is 1. The smallest absolute Gasteiger partial charge is 0.250 e. The summed E-state index contributed by atoms with van der Waals surface area (Å²) < 4.78 is 5.38. The van der Waals surface area contributed by atoms with Crippen molar-refractivity contribution in [2.24, 2.45) is 0 Å². The molecule has 0 aliphatic carbocycles. The predicted octanol–water partition coefficient (Wildman–Crippen LogP) is 2.86. The van der Waals surface area contributed by atoms with Crippen LogP contribution in [-0.4, -0.2) is 24.0 Å². The van der Waals surface area contributed by atoms with Crippen molar-refractivity contribution in [2.45, 2.75) is 51.5 Å². The Morgan fingerprint density at radius 2 is 2.00 bits per heavy atom. The Kier molecular flexibility index (Phi) is 5.41. The Morgan fingerprint density at radius 1 is 1.27 bits per heavy atom. The molecule has 2 N–H and O–H groups in total. The summed E-state index contributed by atoms with van der Waals surface area (Å²) in [5.74, 6) is 0.587. The van der Waals surface area contributed by atoms with Crippen LogP contribution in [0.1, 0.15) is 46.0 Å². The number of hydrogen-bond donors (Lipinski definition) is 2. The number of amides is 2. The van der Waals surface area contributed by atoms with E-state index in [1.165, 1.54) is 0 Å². The second-order valence-electron chi connectivity index (χ2n) is 5.60. The van der Waals surface area contributed by atoms with Gasteiger partial charge in [0.25, 0.3) is 0 Å². The maximum absolute atomic E-state index is 12.7. The summed E-state index contributed by atoms with van der Waals surface area (Å²) >= 11 is 0. The van der Waals surface area contributed by atoms with E-state index in [1.54, 1.807) is 0 Å². The van der Waals surface area contributed by atoms with E-state index in [-0.39, 0.29) is 11.8 Å². The van der Waals surface area contributed by atoms with E-state index in [2.05, 4.69) is 10.6 Å². The van der Waals surface area contributed by atoms with Gasteiger partial charge < -0.3 is 15.4 Å². The molecule has 0 radical (unpaired) electrons. The molecule has 1 saturated heterocycles. The summed E-state index contributed by atoms with van der Waals surface area (Å²) in [4.78, 5) is 24.5. The number of rotatable bonds is 5. The first kappa shape index (κ1) is 16.3. The quantitative estimate of drug-likeness (QED) is 0.879. The molecule has 0 spiro atoms. The SMILES string of the molecule is CCOc1ccc(NC(=O)C2(CC)CCCCC(=O)N2)cc1. The number of carbonyl (C=O) groups excluding carboxylic acids is 2. The molecular formula is C17H24N2O3. The fourth-order valence-electron chi connectivity index (χ4n) is 2.75. The number of carbonyl (C=O) groups is 2. The van der Waals surface area contributed by atoms with Gasteiger partial charge >= 0.3 is 0 Å². The normalized spacial score (nSPS) is 21.6. The number of hydrogen-bond acceptors (Lipinski definition) is 3. The lowest BCUT2D eigenvalue weighted by molar-refractivity contribution is -0.130. The Morgan fingerprint density at radius 3 is 2.64 bits per heavy atom. The number of benzene rings is 1. The third-order valence-corrected chi connectivity index (χ3v) is 4.10. The highest BCUT2D eigenvalue weighted by Gasteiger charge is 2.39. The second-order valence-corrected chi connectivity index (χ2v) is 5.60. The lowest BCUT2D eigenvalue weighted by Gasteiger charge is -2.31. The van der Waals surface area contributed by atoms with Crippen molar-refractivity contribution in [1.29, 1.82) is 0 Å². The maximum Gasteiger partial charge on any atom is 0.250 e. The van der Waals surface area contributed by atoms with Gasteiger partial charge in [-0.1, -0.05) is 13.3 Å². The van der Waals surface area contributed by atoms with Gasteiger partial charge in [-0.3, -0.25) is 9.59 Å². The number of anilines is 1. The number of nitrogens with one attached hydrogen (secondary N) is 2.